The molecule has 0 fully saturated rings. The molecule has 1 rings (SSSR count). The number of benzene rings is 1. The monoisotopic (exact) mass is 238 g/mol. The van der Waals surface area contributed by atoms with Crippen LogP contribution < -0.4 is 5.32 Å². The minimum Gasteiger partial charge on any atom is -0.382 e. The third-order valence-electron chi connectivity index (χ3n) is 2.58. The highest BCUT2D eigenvalue weighted by molar-refractivity contribution is 5.16. The summed E-state index contributed by atoms with van der Waals surface area (Å²) in [4.78, 5) is 0. The maximum atomic E-state index is 9.90. The van der Waals surface area contributed by atoms with E-state index in [1.807, 2.05) is 44.2 Å². The van der Waals surface area contributed by atoms with Crippen molar-refractivity contribution in [3.8, 4) is 0 Å². The summed E-state index contributed by atoms with van der Waals surface area (Å²) in [6, 6.07) is 9.79. The van der Waals surface area contributed by atoms with Crippen molar-refractivity contribution in [3.05, 3.63) is 35.9 Å². The zero-order valence-electron chi connectivity index (χ0n) is 10.8. The number of quaternary nitrogens is 1. The lowest BCUT2D eigenvalue weighted by atomic mass is 10.1. The van der Waals surface area contributed by atoms with Gasteiger partial charge in [0.2, 0.25) is 0 Å². The molecule has 3 heteroatoms. The van der Waals surface area contributed by atoms with Crippen LogP contribution in [0.3, 0.4) is 0 Å². The topological polar surface area (TPSA) is 46.1 Å². The third-order valence-corrected chi connectivity index (χ3v) is 2.58. The Morgan fingerprint density at radius 1 is 1.24 bits per heavy atom. The lowest BCUT2D eigenvalue weighted by Gasteiger charge is -2.10. The SMILES string of the molecule is CC(C)OCCC[NH2+]C[C@@H](O)c1ccccc1. The molecule has 0 aromatic heterocycles. The van der Waals surface area contributed by atoms with Gasteiger partial charge in [-0.15, -0.1) is 0 Å². The quantitative estimate of drug-likeness (QED) is 0.666. The molecule has 17 heavy (non-hydrogen) atoms. The van der Waals surface area contributed by atoms with Crippen LogP contribution >= 0.6 is 0 Å². The predicted molar refractivity (Wildman–Crippen MR) is 68.8 cm³/mol. The molecule has 1 atom stereocenters. The zero-order valence-corrected chi connectivity index (χ0v) is 10.8. The molecule has 0 amide bonds. The fourth-order valence-corrected chi connectivity index (χ4v) is 1.63. The van der Waals surface area contributed by atoms with Gasteiger partial charge in [0.25, 0.3) is 0 Å². The molecule has 0 saturated heterocycles. The number of rotatable bonds is 8. The standard InChI is InChI=1S/C14H23NO2/c1-12(2)17-10-6-9-15-11-14(16)13-7-4-3-5-8-13/h3-5,7-8,12,14-16H,6,9-11H2,1-2H3/p+1/t14-/m1/s1. The second-order valence-corrected chi connectivity index (χ2v) is 4.51. The highest BCUT2D eigenvalue weighted by Crippen LogP contribution is 2.08. The number of aliphatic hydroxyl groups is 1. The zero-order chi connectivity index (χ0) is 12.5. The van der Waals surface area contributed by atoms with Crippen LogP contribution in [0, 0.1) is 0 Å². The Kier molecular flexibility index (Phi) is 6.86. The Morgan fingerprint density at radius 3 is 2.59 bits per heavy atom. The molecule has 0 spiro atoms. The van der Waals surface area contributed by atoms with E-state index in [2.05, 4.69) is 5.32 Å². The van der Waals surface area contributed by atoms with Crippen molar-refractivity contribution < 1.29 is 15.2 Å². The van der Waals surface area contributed by atoms with E-state index in [4.69, 9.17) is 4.74 Å². The van der Waals surface area contributed by atoms with Crippen molar-refractivity contribution >= 4 is 0 Å². The summed E-state index contributed by atoms with van der Waals surface area (Å²) >= 11 is 0. The molecule has 0 radical (unpaired) electrons. The predicted octanol–water partition coefficient (Wildman–Crippen LogP) is 1.10. The van der Waals surface area contributed by atoms with Crippen LogP contribution in [0.25, 0.3) is 0 Å². The molecule has 0 aliphatic heterocycles. The molecule has 1 aromatic carbocycles. The van der Waals surface area contributed by atoms with Gasteiger partial charge in [-0.05, 0) is 19.4 Å². The Morgan fingerprint density at radius 2 is 1.94 bits per heavy atom. The Balaban J connectivity index is 2.07. The van der Waals surface area contributed by atoms with Crippen LogP contribution in [0.5, 0.6) is 0 Å². The number of nitrogens with two attached hydrogens (primary N) is 1. The minimum absolute atomic E-state index is 0.310. The molecule has 0 aliphatic carbocycles. The smallest absolute Gasteiger partial charge is 0.128 e. The fourth-order valence-electron chi connectivity index (χ4n) is 1.63. The summed E-state index contributed by atoms with van der Waals surface area (Å²) in [5.74, 6) is 0. The third kappa shape index (κ3) is 6.41. The lowest BCUT2D eigenvalue weighted by molar-refractivity contribution is -0.662. The van der Waals surface area contributed by atoms with Crippen LogP contribution in [0.2, 0.25) is 0 Å². The lowest BCUT2D eigenvalue weighted by Crippen LogP contribution is -2.85. The Hall–Kier alpha value is -0.900. The Bertz CT molecular complexity index is 288. The van der Waals surface area contributed by atoms with Crippen molar-refractivity contribution in [3.63, 3.8) is 0 Å². The first-order valence-electron chi connectivity index (χ1n) is 6.36. The van der Waals surface area contributed by atoms with E-state index >= 15 is 0 Å². The van der Waals surface area contributed by atoms with Gasteiger partial charge in [0.15, 0.2) is 0 Å². The number of ether oxygens (including phenoxy) is 1. The number of hydrogen-bond acceptors (Lipinski definition) is 2. The maximum absolute atomic E-state index is 9.90. The highest BCUT2D eigenvalue weighted by atomic mass is 16.5. The molecule has 0 unspecified atom stereocenters. The van der Waals surface area contributed by atoms with E-state index in [-0.39, 0.29) is 6.10 Å². The first-order chi connectivity index (χ1) is 8.20. The largest absolute Gasteiger partial charge is 0.382 e. The van der Waals surface area contributed by atoms with Gasteiger partial charge in [0, 0.05) is 6.42 Å². The second-order valence-electron chi connectivity index (χ2n) is 4.51. The van der Waals surface area contributed by atoms with Crippen molar-refractivity contribution in [2.75, 3.05) is 19.7 Å². The van der Waals surface area contributed by atoms with Gasteiger partial charge >= 0.3 is 0 Å². The van der Waals surface area contributed by atoms with Crippen LogP contribution in [-0.4, -0.2) is 30.9 Å². The number of hydrogen-bond donors (Lipinski definition) is 2. The summed E-state index contributed by atoms with van der Waals surface area (Å²) < 4.78 is 5.45. The van der Waals surface area contributed by atoms with Crippen molar-refractivity contribution in [1.29, 1.82) is 0 Å². The van der Waals surface area contributed by atoms with E-state index in [0.717, 1.165) is 25.1 Å². The van der Waals surface area contributed by atoms with Gasteiger partial charge in [-0.25, -0.2) is 0 Å². The molecular formula is C14H24NO2+. The van der Waals surface area contributed by atoms with Gasteiger partial charge in [-0.3, -0.25) is 0 Å². The molecule has 0 heterocycles. The van der Waals surface area contributed by atoms with Gasteiger partial charge in [0.05, 0.1) is 19.3 Å². The van der Waals surface area contributed by atoms with E-state index in [1.165, 1.54) is 0 Å². The van der Waals surface area contributed by atoms with E-state index in [1.54, 1.807) is 0 Å². The van der Waals surface area contributed by atoms with Gasteiger partial charge in [-0.1, -0.05) is 30.3 Å². The van der Waals surface area contributed by atoms with Gasteiger partial charge in [0.1, 0.15) is 12.6 Å². The average molecular weight is 238 g/mol. The van der Waals surface area contributed by atoms with E-state index < -0.39 is 0 Å². The molecule has 96 valence electrons. The van der Waals surface area contributed by atoms with Crippen LogP contribution in [-0.2, 0) is 4.74 Å². The summed E-state index contributed by atoms with van der Waals surface area (Å²) in [5, 5.41) is 12.0. The molecule has 0 bridgehead atoms. The van der Waals surface area contributed by atoms with Crippen LogP contribution in [0.1, 0.15) is 31.9 Å². The first-order valence-corrected chi connectivity index (χ1v) is 6.36. The second kappa shape index (κ2) is 8.23. The van der Waals surface area contributed by atoms with Crippen LogP contribution in [0.15, 0.2) is 30.3 Å². The van der Waals surface area contributed by atoms with Crippen molar-refractivity contribution in [2.45, 2.75) is 32.5 Å². The molecule has 0 saturated carbocycles. The van der Waals surface area contributed by atoms with Gasteiger partial charge < -0.3 is 15.2 Å². The fraction of sp³-hybridized carbons (Fsp3) is 0.571. The summed E-state index contributed by atoms with van der Waals surface area (Å²) in [6.07, 6.45) is 0.965. The molecular weight excluding hydrogens is 214 g/mol. The maximum Gasteiger partial charge on any atom is 0.128 e. The number of aliphatic hydroxyl groups excluding tert-OH is 1. The van der Waals surface area contributed by atoms with Gasteiger partial charge in [-0.2, -0.15) is 0 Å². The first kappa shape index (κ1) is 14.2. The molecule has 0 aliphatic rings. The summed E-state index contributed by atoms with van der Waals surface area (Å²) in [6.45, 7) is 6.60. The molecule has 3 nitrogen and oxygen atoms in total. The van der Waals surface area contributed by atoms with E-state index in [9.17, 15) is 5.11 Å². The van der Waals surface area contributed by atoms with Crippen molar-refractivity contribution in [1.82, 2.24) is 0 Å². The van der Waals surface area contributed by atoms with Crippen LogP contribution in [0.4, 0.5) is 0 Å². The summed E-state index contributed by atoms with van der Waals surface area (Å²) in [7, 11) is 0. The van der Waals surface area contributed by atoms with Crippen molar-refractivity contribution in [2.24, 2.45) is 0 Å². The van der Waals surface area contributed by atoms with E-state index in [0.29, 0.717) is 12.6 Å². The molecule has 1 aromatic rings. The average Bonchev–Trinajstić information content (AvgIpc) is 2.34. The highest BCUT2D eigenvalue weighted by Gasteiger charge is 2.07. The molecule has 3 N–H and O–H groups in total. The normalized spacial score (nSPS) is 12.9. The minimum atomic E-state index is -0.373. The Labute approximate surface area is 104 Å². The summed E-state index contributed by atoms with van der Waals surface area (Å²) in [5.41, 5.74) is 0.988.